The number of nitrogens with zero attached hydrogens (tertiary/aromatic N) is 1. The predicted octanol–water partition coefficient (Wildman–Crippen LogP) is 4.38. The van der Waals surface area contributed by atoms with E-state index in [0.717, 1.165) is 5.56 Å². The third-order valence-electron chi connectivity index (χ3n) is 2.36. The monoisotopic (exact) mass is 305 g/mol. The van der Waals surface area contributed by atoms with Crippen molar-refractivity contribution in [1.82, 2.24) is 0 Å². The van der Waals surface area contributed by atoms with Crippen molar-refractivity contribution in [2.75, 3.05) is 0 Å². The van der Waals surface area contributed by atoms with Gasteiger partial charge in [-0.2, -0.15) is 5.26 Å². The number of halogens is 2. The first-order valence-electron chi connectivity index (χ1n) is 5.25. The van der Waals surface area contributed by atoms with Crippen LogP contribution < -0.4 is 4.74 Å². The Bertz CT molecular complexity index is 590. The highest BCUT2D eigenvalue weighted by Gasteiger charge is 2.05. The first kappa shape index (κ1) is 12.6. The highest BCUT2D eigenvalue weighted by Crippen LogP contribution is 2.25. The van der Waals surface area contributed by atoms with Gasteiger partial charge < -0.3 is 4.74 Å². The SMILES string of the molecule is N#Cc1ccc(Oc2ccc(CBr)cc2F)cc1. The maximum atomic E-state index is 13.7. The molecule has 0 aliphatic carbocycles. The van der Waals surface area contributed by atoms with Gasteiger partial charge in [0.05, 0.1) is 11.6 Å². The van der Waals surface area contributed by atoms with Crippen molar-refractivity contribution < 1.29 is 9.13 Å². The summed E-state index contributed by atoms with van der Waals surface area (Å²) in [5.41, 5.74) is 1.39. The normalized spacial score (nSPS) is 9.83. The highest BCUT2D eigenvalue weighted by atomic mass is 79.9. The summed E-state index contributed by atoms with van der Waals surface area (Å²) in [6, 6.07) is 13.3. The summed E-state index contributed by atoms with van der Waals surface area (Å²) in [4.78, 5) is 0. The molecule has 4 heteroatoms. The maximum absolute atomic E-state index is 13.7. The van der Waals surface area contributed by atoms with Crippen molar-refractivity contribution in [1.29, 1.82) is 5.26 Å². The fourth-order valence-corrected chi connectivity index (χ4v) is 1.78. The van der Waals surface area contributed by atoms with Gasteiger partial charge in [-0.05, 0) is 42.0 Å². The second kappa shape index (κ2) is 5.65. The Hall–Kier alpha value is -1.86. The average Bonchev–Trinajstić information content (AvgIpc) is 2.42. The van der Waals surface area contributed by atoms with Crippen LogP contribution in [0.3, 0.4) is 0 Å². The number of alkyl halides is 1. The maximum Gasteiger partial charge on any atom is 0.166 e. The van der Waals surface area contributed by atoms with Crippen molar-refractivity contribution in [2.24, 2.45) is 0 Å². The molecule has 2 nitrogen and oxygen atoms in total. The van der Waals surface area contributed by atoms with Gasteiger partial charge in [-0.1, -0.05) is 22.0 Å². The van der Waals surface area contributed by atoms with Crippen LogP contribution in [0.5, 0.6) is 11.5 Å². The summed E-state index contributed by atoms with van der Waals surface area (Å²) >= 11 is 3.26. The van der Waals surface area contributed by atoms with Crippen molar-refractivity contribution in [3.05, 3.63) is 59.4 Å². The number of hydrogen-bond acceptors (Lipinski definition) is 2. The minimum absolute atomic E-state index is 0.171. The zero-order valence-corrected chi connectivity index (χ0v) is 10.9. The standard InChI is InChI=1S/C14H9BrFNO/c15-8-11-3-6-14(13(16)7-11)18-12-4-1-10(9-17)2-5-12/h1-7H,8H2. The van der Waals surface area contributed by atoms with E-state index in [1.165, 1.54) is 6.07 Å². The summed E-state index contributed by atoms with van der Waals surface area (Å²) in [5.74, 6) is 0.264. The molecule has 0 fully saturated rings. The summed E-state index contributed by atoms with van der Waals surface area (Å²) in [6.45, 7) is 0. The van der Waals surface area contributed by atoms with E-state index >= 15 is 0 Å². The topological polar surface area (TPSA) is 33.0 Å². The third-order valence-corrected chi connectivity index (χ3v) is 3.01. The Morgan fingerprint density at radius 2 is 1.89 bits per heavy atom. The van der Waals surface area contributed by atoms with E-state index in [4.69, 9.17) is 10.00 Å². The summed E-state index contributed by atoms with van der Waals surface area (Å²) < 4.78 is 19.1. The Kier molecular flexibility index (Phi) is 3.96. The molecule has 18 heavy (non-hydrogen) atoms. The van der Waals surface area contributed by atoms with Gasteiger partial charge in [-0.15, -0.1) is 0 Å². The lowest BCUT2D eigenvalue weighted by atomic mass is 10.2. The van der Waals surface area contributed by atoms with Crippen LogP contribution in [0, 0.1) is 17.1 Å². The molecule has 0 heterocycles. The molecule has 90 valence electrons. The first-order valence-corrected chi connectivity index (χ1v) is 6.37. The van der Waals surface area contributed by atoms with Gasteiger partial charge in [0.25, 0.3) is 0 Å². The number of hydrogen-bond donors (Lipinski definition) is 0. The molecule has 0 aromatic heterocycles. The Balaban J connectivity index is 2.20. The molecular formula is C14H9BrFNO. The zero-order chi connectivity index (χ0) is 13.0. The molecular weight excluding hydrogens is 297 g/mol. The van der Waals surface area contributed by atoms with Gasteiger partial charge in [0, 0.05) is 5.33 Å². The van der Waals surface area contributed by atoms with E-state index in [-0.39, 0.29) is 5.75 Å². The van der Waals surface area contributed by atoms with Crippen molar-refractivity contribution in [3.63, 3.8) is 0 Å². The summed E-state index contributed by atoms with van der Waals surface area (Å²) in [6.07, 6.45) is 0. The largest absolute Gasteiger partial charge is 0.454 e. The molecule has 0 spiro atoms. The van der Waals surface area contributed by atoms with Gasteiger partial charge in [0.1, 0.15) is 5.75 Å². The molecule has 0 atom stereocenters. The van der Waals surface area contributed by atoms with Crippen LogP contribution >= 0.6 is 15.9 Å². The number of benzene rings is 2. The molecule has 0 saturated heterocycles. The second-order valence-corrected chi connectivity index (χ2v) is 4.20. The molecule has 2 rings (SSSR count). The smallest absolute Gasteiger partial charge is 0.166 e. The van der Waals surface area contributed by atoms with Crippen LogP contribution in [0.15, 0.2) is 42.5 Å². The molecule has 0 unspecified atom stereocenters. The summed E-state index contributed by atoms with van der Waals surface area (Å²) in [5, 5.41) is 9.26. The van der Waals surface area contributed by atoms with Crippen LogP contribution in [-0.2, 0) is 5.33 Å². The van der Waals surface area contributed by atoms with Gasteiger partial charge in [0.15, 0.2) is 11.6 Å². The van der Waals surface area contributed by atoms with Gasteiger partial charge in [0.2, 0.25) is 0 Å². The average molecular weight is 306 g/mol. The molecule has 2 aromatic rings. The fraction of sp³-hybridized carbons (Fsp3) is 0.0714. The van der Waals surface area contributed by atoms with Crippen LogP contribution in [0.1, 0.15) is 11.1 Å². The lowest BCUT2D eigenvalue weighted by molar-refractivity contribution is 0.442. The van der Waals surface area contributed by atoms with Crippen LogP contribution in [0.25, 0.3) is 0 Å². The Labute approximate surface area is 113 Å². The minimum Gasteiger partial charge on any atom is -0.454 e. The van der Waals surface area contributed by atoms with Gasteiger partial charge in [-0.3, -0.25) is 0 Å². The minimum atomic E-state index is -0.406. The molecule has 0 bridgehead atoms. The van der Waals surface area contributed by atoms with E-state index in [1.54, 1.807) is 36.4 Å². The van der Waals surface area contributed by atoms with Crippen LogP contribution in [-0.4, -0.2) is 0 Å². The van der Waals surface area contributed by atoms with Gasteiger partial charge >= 0.3 is 0 Å². The fourth-order valence-electron chi connectivity index (χ4n) is 1.43. The number of ether oxygens (including phenoxy) is 1. The molecule has 0 radical (unpaired) electrons. The lowest BCUT2D eigenvalue weighted by Crippen LogP contribution is -1.90. The lowest BCUT2D eigenvalue weighted by Gasteiger charge is -2.07. The number of rotatable bonds is 3. The molecule has 0 N–H and O–H groups in total. The van der Waals surface area contributed by atoms with Gasteiger partial charge in [-0.25, -0.2) is 4.39 Å². The first-order chi connectivity index (χ1) is 8.72. The Morgan fingerprint density at radius 1 is 1.17 bits per heavy atom. The molecule has 2 aromatic carbocycles. The van der Waals surface area contributed by atoms with Crippen molar-refractivity contribution >= 4 is 15.9 Å². The second-order valence-electron chi connectivity index (χ2n) is 3.64. The number of nitriles is 1. The quantitative estimate of drug-likeness (QED) is 0.788. The third kappa shape index (κ3) is 2.88. The summed E-state index contributed by atoms with van der Waals surface area (Å²) in [7, 11) is 0. The van der Waals surface area contributed by atoms with E-state index in [0.29, 0.717) is 16.6 Å². The molecule has 0 aliphatic rings. The van der Waals surface area contributed by atoms with Crippen LogP contribution in [0.4, 0.5) is 4.39 Å². The molecule has 0 saturated carbocycles. The van der Waals surface area contributed by atoms with E-state index in [1.807, 2.05) is 6.07 Å². The highest BCUT2D eigenvalue weighted by molar-refractivity contribution is 9.08. The van der Waals surface area contributed by atoms with E-state index in [2.05, 4.69) is 15.9 Å². The van der Waals surface area contributed by atoms with Crippen LogP contribution in [0.2, 0.25) is 0 Å². The van der Waals surface area contributed by atoms with E-state index < -0.39 is 5.82 Å². The zero-order valence-electron chi connectivity index (χ0n) is 9.36. The Morgan fingerprint density at radius 3 is 2.44 bits per heavy atom. The predicted molar refractivity (Wildman–Crippen MR) is 70.3 cm³/mol. The molecule has 0 amide bonds. The van der Waals surface area contributed by atoms with Crippen molar-refractivity contribution in [2.45, 2.75) is 5.33 Å². The van der Waals surface area contributed by atoms with E-state index in [9.17, 15) is 4.39 Å². The molecule has 0 aliphatic heterocycles. The van der Waals surface area contributed by atoms with Crippen molar-refractivity contribution in [3.8, 4) is 17.6 Å².